The molecule has 0 unspecified atom stereocenters. The molecule has 1 amide bonds. The number of ether oxygens (including phenoxy) is 2. The Morgan fingerprint density at radius 3 is 1.88 bits per heavy atom. The Balaban J connectivity index is 1.56. The number of amides is 1. The minimum absolute atomic E-state index is 0.320. The van der Waals surface area contributed by atoms with E-state index in [1.807, 2.05) is 62.4 Å². The lowest BCUT2D eigenvalue weighted by molar-refractivity contribution is 0.102. The molecule has 3 aromatic carbocycles. The number of nitrogens with one attached hydrogen (secondary N) is 1. The zero-order chi connectivity index (χ0) is 23.9. The van der Waals surface area contributed by atoms with Crippen LogP contribution in [0.5, 0.6) is 11.5 Å². The number of benzene rings is 3. The van der Waals surface area contributed by atoms with Gasteiger partial charge in [0.15, 0.2) is 0 Å². The van der Waals surface area contributed by atoms with Crippen molar-refractivity contribution in [2.24, 2.45) is 0 Å². The van der Waals surface area contributed by atoms with Crippen LogP contribution in [0, 0.1) is 13.8 Å². The number of aromatic nitrogens is 1. The molecule has 0 radical (unpaired) electrons. The van der Waals surface area contributed by atoms with E-state index in [2.05, 4.69) is 10.3 Å². The number of pyridine rings is 1. The Labute approximate surface area is 199 Å². The standard InChI is InChI=1S/C28H27N3O3/c1-19-7-3-5-9-21(19)17-33-25-13-23(28(32)31-27-12-11-24(29)16-30-27)14-26(15-25)34-18-22-10-6-4-8-20(22)2/h3-16H,17-18,29H2,1-2H3,(H,30,31,32). The first-order valence-electron chi connectivity index (χ1n) is 11.0. The SMILES string of the molecule is Cc1ccccc1COc1cc(OCc2ccccc2C)cc(C(=O)Nc2ccc(N)cn2)c1. The summed E-state index contributed by atoms with van der Waals surface area (Å²) in [5, 5.41) is 2.79. The largest absolute Gasteiger partial charge is 0.489 e. The molecule has 3 N–H and O–H groups in total. The van der Waals surface area contributed by atoms with Crippen LogP contribution < -0.4 is 20.5 Å². The molecule has 0 aliphatic carbocycles. The molecule has 34 heavy (non-hydrogen) atoms. The van der Waals surface area contributed by atoms with Crippen LogP contribution in [0.2, 0.25) is 0 Å². The molecule has 172 valence electrons. The molecule has 6 heteroatoms. The monoisotopic (exact) mass is 453 g/mol. The first-order chi connectivity index (χ1) is 16.5. The van der Waals surface area contributed by atoms with E-state index in [1.54, 1.807) is 30.3 Å². The molecule has 0 spiro atoms. The quantitative estimate of drug-likeness (QED) is 0.358. The Kier molecular flexibility index (Phi) is 7.08. The van der Waals surface area contributed by atoms with Gasteiger partial charge in [-0.3, -0.25) is 4.79 Å². The van der Waals surface area contributed by atoms with Gasteiger partial charge < -0.3 is 20.5 Å². The lowest BCUT2D eigenvalue weighted by Gasteiger charge is -2.14. The molecule has 0 saturated carbocycles. The van der Waals surface area contributed by atoms with Crippen LogP contribution in [-0.2, 0) is 13.2 Å². The third kappa shape index (κ3) is 5.92. The van der Waals surface area contributed by atoms with Crippen LogP contribution >= 0.6 is 0 Å². The fourth-order valence-electron chi connectivity index (χ4n) is 3.40. The summed E-state index contributed by atoms with van der Waals surface area (Å²) < 4.78 is 12.1. The fourth-order valence-corrected chi connectivity index (χ4v) is 3.40. The van der Waals surface area contributed by atoms with Gasteiger partial charge in [-0.15, -0.1) is 0 Å². The average Bonchev–Trinajstić information content (AvgIpc) is 2.84. The van der Waals surface area contributed by atoms with Crippen LogP contribution in [0.1, 0.15) is 32.6 Å². The molecule has 0 saturated heterocycles. The molecule has 1 heterocycles. The molecule has 0 bridgehead atoms. The number of rotatable bonds is 8. The highest BCUT2D eigenvalue weighted by Gasteiger charge is 2.13. The van der Waals surface area contributed by atoms with Gasteiger partial charge in [0, 0.05) is 11.6 Å². The van der Waals surface area contributed by atoms with Crippen molar-refractivity contribution in [1.29, 1.82) is 0 Å². The second-order valence-electron chi connectivity index (χ2n) is 8.05. The van der Waals surface area contributed by atoms with Gasteiger partial charge in [0.05, 0.1) is 11.9 Å². The van der Waals surface area contributed by atoms with Gasteiger partial charge in [-0.25, -0.2) is 4.98 Å². The third-order valence-electron chi connectivity index (χ3n) is 5.48. The minimum atomic E-state index is -0.320. The molecule has 4 aromatic rings. The van der Waals surface area contributed by atoms with E-state index in [0.717, 1.165) is 22.3 Å². The summed E-state index contributed by atoms with van der Waals surface area (Å²) in [4.78, 5) is 17.1. The molecule has 0 atom stereocenters. The zero-order valence-corrected chi connectivity index (χ0v) is 19.2. The van der Waals surface area contributed by atoms with E-state index in [-0.39, 0.29) is 5.91 Å². The third-order valence-corrected chi connectivity index (χ3v) is 5.48. The number of hydrogen-bond acceptors (Lipinski definition) is 5. The summed E-state index contributed by atoms with van der Waals surface area (Å²) in [7, 11) is 0. The minimum Gasteiger partial charge on any atom is -0.489 e. The van der Waals surface area contributed by atoms with Crippen molar-refractivity contribution >= 4 is 17.4 Å². The maximum absolute atomic E-state index is 13.0. The summed E-state index contributed by atoms with van der Waals surface area (Å²) in [5.74, 6) is 1.18. The van der Waals surface area contributed by atoms with Crippen LogP contribution in [0.4, 0.5) is 11.5 Å². The Hall–Kier alpha value is -4.32. The average molecular weight is 454 g/mol. The predicted octanol–water partition coefficient (Wildman–Crippen LogP) is 5.69. The molecule has 0 aliphatic heterocycles. The zero-order valence-electron chi connectivity index (χ0n) is 19.2. The van der Waals surface area contributed by atoms with Crippen LogP contribution in [0.3, 0.4) is 0 Å². The van der Waals surface area contributed by atoms with Crippen molar-refractivity contribution < 1.29 is 14.3 Å². The number of nitrogen functional groups attached to an aromatic ring is 1. The number of carbonyl (C=O) groups excluding carboxylic acids is 1. The van der Waals surface area contributed by atoms with E-state index >= 15 is 0 Å². The van der Waals surface area contributed by atoms with E-state index < -0.39 is 0 Å². The van der Waals surface area contributed by atoms with Crippen molar-refractivity contribution in [2.45, 2.75) is 27.1 Å². The predicted molar refractivity (Wildman–Crippen MR) is 134 cm³/mol. The normalized spacial score (nSPS) is 10.5. The topological polar surface area (TPSA) is 86.5 Å². The van der Waals surface area contributed by atoms with Gasteiger partial charge in [0.2, 0.25) is 0 Å². The van der Waals surface area contributed by atoms with E-state index in [4.69, 9.17) is 15.2 Å². The highest BCUT2D eigenvalue weighted by atomic mass is 16.5. The van der Waals surface area contributed by atoms with Crippen molar-refractivity contribution in [3.05, 3.63) is 113 Å². The number of nitrogens with two attached hydrogens (primary N) is 1. The molecule has 4 rings (SSSR count). The van der Waals surface area contributed by atoms with Crippen molar-refractivity contribution in [3.8, 4) is 11.5 Å². The summed E-state index contributed by atoms with van der Waals surface area (Å²) in [6.45, 7) is 4.85. The van der Waals surface area contributed by atoms with Gasteiger partial charge in [-0.2, -0.15) is 0 Å². The van der Waals surface area contributed by atoms with Crippen molar-refractivity contribution in [2.75, 3.05) is 11.1 Å². The molecular formula is C28H27N3O3. The van der Waals surface area contributed by atoms with Crippen LogP contribution in [0.25, 0.3) is 0 Å². The number of hydrogen-bond donors (Lipinski definition) is 2. The van der Waals surface area contributed by atoms with Gasteiger partial charge in [0.25, 0.3) is 5.91 Å². The summed E-state index contributed by atoms with van der Waals surface area (Å²) in [5.41, 5.74) is 11.0. The molecular weight excluding hydrogens is 426 g/mol. The first kappa shape index (κ1) is 22.9. The highest BCUT2D eigenvalue weighted by Crippen LogP contribution is 2.26. The second-order valence-corrected chi connectivity index (χ2v) is 8.05. The Morgan fingerprint density at radius 2 is 1.38 bits per heavy atom. The van der Waals surface area contributed by atoms with Crippen LogP contribution in [-0.4, -0.2) is 10.9 Å². The van der Waals surface area contributed by atoms with Gasteiger partial charge in [0.1, 0.15) is 30.5 Å². The Morgan fingerprint density at radius 1 is 0.824 bits per heavy atom. The van der Waals surface area contributed by atoms with E-state index in [1.165, 1.54) is 6.20 Å². The maximum atomic E-state index is 13.0. The number of aryl methyl sites for hydroxylation is 2. The number of nitrogens with zero attached hydrogens (tertiary/aromatic N) is 1. The van der Waals surface area contributed by atoms with Gasteiger partial charge >= 0.3 is 0 Å². The van der Waals surface area contributed by atoms with Crippen molar-refractivity contribution in [3.63, 3.8) is 0 Å². The number of carbonyl (C=O) groups is 1. The first-order valence-corrected chi connectivity index (χ1v) is 11.0. The lowest BCUT2D eigenvalue weighted by Crippen LogP contribution is -2.13. The summed E-state index contributed by atoms with van der Waals surface area (Å²) in [6.07, 6.45) is 1.49. The van der Waals surface area contributed by atoms with E-state index in [9.17, 15) is 4.79 Å². The van der Waals surface area contributed by atoms with Gasteiger partial charge in [-0.05, 0) is 60.4 Å². The summed E-state index contributed by atoms with van der Waals surface area (Å²) in [6, 6.07) is 24.6. The van der Waals surface area contributed by atoms with Crippen LogP contribution in [0.15, 0.2) is 85.1 Å². The summed E-state index contributed by atoms with van der Waals surface area (Å²) >= 11 is 0. The van der Waals surface area contributed by atoms with Crippen molar-refractivity contribution in [1.82, 2.24) is 4.98 Å². The molecule has 0 fully saturated rings. The fraction of sp³-hybridized carbons (Fsp3) is 0.143. The highest BCUT2D eigenvalue weighted by molar-refractivity contribution is 6.04. The van der Waals surface area contributed by atoms with Gasteiger partial charge in [-0.1, -0.05) is 48.5 Å². The Bertz CT molecular complexity index is 1220. The smallest absolute Gasteiger partial charge is 0.257 e. The van der Waals surface area contributed by atoms with E-state index in [0.29, 0.717) is 41.8 Å². The molecule has 6 nitrogen and oxygen atoms in total. The molecule has 1 aromatic heterocycles. The second kappa shape index (κ2) is 10.5. The number of anilines is 2. The molecule has 0 aliphatic rings. The lowest BCUT2D eigenvalue weighted by atomic mass is 10.1. The maximum Gasteiger partial charge on any atom is 0.257 e.